The minimum atomic E-state index is 0.782. The molecule has 0 radical (unpaired) electrons. The van der Waals surface area contributed by atoms with E-state index in [4.69, 9.17) is 4.99 Å². The van der Waals surface area contributed by atoms with Gasteiger partial charge in [-0.1, -0.05) is 6.07 Å². The van der Waals surface area contributed by atoms with E-state index in [1.54, 1.807) is 0 Å². The van der Waals surface area contributed by atoms with Crippen molar-refractivity contribution in [2.75, 3.05) is 45.8 Å². The number of pyridine rings is 1. The van der Waals surface area contributed by atoms with Crippen molar-refractivity contribution in [3.63, 3.8) is 0 Å². The van der Waals surface area contributed by atoms with Crippen LogP contribution in [0.25, 0.3) is 5.65 Å². The van der Waals surface area contributed by atoms with E-state index in [-0.39, 0.29) is 0 Å². The Bertz CT molecular complexity index is 778. The molecule has 7 nitrogen and oxygen atoms in total. The van der Waals surface area contributed by atoms with Crippen LogP contribution in [0.2, 0.25) is 0 Å². The molecule has 0 aromatic carbocycles. The number of aromatic nitrogens is 3. The highest BCUT2D eigenvalue weighted by Gasteiger charge is 2.27. The normalized spacial score (nSPS) is 21.1. The summed E-state index contributed by atoms with van der Waals surface area (Å²) in [4.78, 5) is 10.00. The molecule has 2 saturated heterocycles. The van der Waals surface area contributed by atoms with Crippen LogP contribution in [0.3, 0.4) is 0 Å². The second kappa shape index (κ2) is 9.37. The van der Waals surface area contributed by atoms with E-state index < -0.39 is 0 Å². The van der Waals surface area contributed by atoms with Crippen molar-refractivity contribution in [2.45, 2.75) is 39.0 Å². The largest absolute Gasteiger partial charge is 0.357 e. The molecular weight excluding hydrogens is 350 g/mol. The number of guanidine groups is 1. The van der Waals surface area contributed by atoms with E-state index in [0.717, 1.165) is 62.4 Å². The van der Waals surface area contributed by atoms with Gasteiger partial charge in [0.25, 0.3) is 0 Å². The van der Waals surface area contributed by atoms with Crippen LogP contribution in [0.1, 0.15) is 38.4 Å². The van der Waals surface area contributed by atoms with Crippen molar-refractivity contribution in [3.8, 4) is 0 Å². The van der Waals surface area contributed by atoms with Gasteiger partial charge in [0.1, 0.15) is 5.82 Å². The highest BCUT2D eigenvalue weighted by atomic mass is 15.3. The standard InChI is InChI=1S/C21H33N7/c1-2-22-21(27-15-10-18(17-27)16-26-12-5-6-13-26)23-11-7-9-20-25-24-19-8-3-4-14-28(19)20/h3-4,8,14,18H,2,5-7,9-13,15-17H2,1H3,(H,22,23). The number of hydrogen-bond acceptors (Lipinski definition) is 4. The summed E-state index contributed by atoms with van der Waals surface area (Å²) in [6, 6.07) is 6.00. The van der Waals surface area contributed by atoms with Crippen LogP contribution >= 0.6 is 0 Å². The van der Waals surface area contributed by atoms with Crippen LogP contribution < -0.4 is 5.32 Å². The van der Waals surface area contributed by atoms with E-state index in [9.17, 15) is 0 Å². The molecule has 2 aliphatic rings. The highest BCUT2D eigenvalue weighted by Crippen LogP contribution is 2.20. The van der Waals surface area contributed by atoms with E-state index in [1.165, 1.54) is 38.9 Å². The number of aliphatic imine (C=N–C) groups is 1. The minimum absolute atomic E-state index is 0.782. The van der Waals surface area contributed by atoms with E-state index >= 15 is 0 Å². The van der Waals surface area contributed by atoms with Crippen molar-refractivity contribution in [1.29, 1.82) is 0 Å². The molecule has 0 spiro atoms. The first-order valence-electron chi connectivity index (χ1n) is 10.9. The molecule has 1 atom stereocenters. The van der Waals surface area contributed by atoms with Gasteiger partial charge in [0.15, 0.2) is 11.6 Å². The summed E-state index contributed by atoms with van der Waals surface area (Å²) < 4.78 is 2.07. The summed E-state index contributed by atoms with van der Waals surface area (Å²) in [5.74, 6) is 2.88. The molecular formula is C21H33N7. The molecule has 4 rings (SSSR count). The molecule has 0 amide bonds. The second-order valence-corrected chi connectivity index (χ2v) is 7.99. The molecule has 1 N–H and O–H groups in total. The minimum Gasteiger partial charge on any atom is -0.357 e. The van der Waals surface area contributed by atoms with Gasteiger partial charge in [0.05, 0.1) is 0 Å². The Balaban J connectivity index is 1.28. The maximum atomic E-state index is 4.90. The summed E-state index contributed by atoms with van der Waals surface area (Å²) >= 11 is 0. The third-order valence-corrected chi connectivity index (χ3v) is 5.84. The van der Waals surface area contributed by atoms with E-state index in [2.05, 4.69) is 36.6 Å². The smallest absolute Gasteiger partial charge is 0.193 e. The van der Waals surface area contributed by atoms with E-state index in [0.29, 0.717) is 0 Å². The number of aryl methyl sites for hydroxylation is 1. The van der Waals surface area contributed by atoms with Gasteiger partial charge >= 0.3 is 0 Å². The first-order chi connectivity index (χ1) is 13.8. The third kappa shape index (κ3) is 4.63. The molecule has 28 heavy (non-hydrogen) atoms. The van der Waals surface area contributed by atoms with Crippen molar-refractivity contribution in [2.24, 2.45) is 10.9 Å². The maximum Gasteiger partial charge on any atom is 0.193 e. The lowest BCUT2D eigenvalue weighted by atomic mass is 10.1. The SMILES string of the molecule is CCNC(=NCCCc1nnc2ccccn12)N1CCC(CN2CCCC2)C1. The molecule has 4 heterocycles. The lowest BCUT2D eigenvalue weighted by Crippen LogP contribution is -2.40. The molecule has 1 unspecified atom stereocenters. The third-order valence-electron chi connectivity index (χ3n) is 5.84. The van der Waals surface area contributed by atoms with Crippen molar-refractivity contribution in [1.82, 2.24) is 29.7 Å². The molecule has 2 fully saturated rings. The predicted molar refractivity (Wildman–Crippen MR) is 113 cm³/mol. The highest BCUT2D eigenvalue weighted by molar-refractivity contribution is 5.80. The zero-order valence-corrected chi connectivity index (χ0v) is 17.1. The zero-order valence-electron chi connectivity index (χ0n) is 17.1. The Morgan fingerprint density at radius 3 is 2.96 bits per heavy atom. The fourth-order valence-electron chi connectivity index (χ4n) is 4.41. The molecule has 0 aliphatic carbocycles. The first kappa shape index (κ1) is 19.2. The van der Waals surface area contributed by atoms with Crippen molar-refractivity contribution < 1.29 is 0 Å². The first-order valence-corrected chi connectivity index (χ1v) is 10.9. The van der Waals surface area contributed by atoms with Gasteiger partial charge in [-0.25, -0.2) is 0 Å². The van der Waals surface area contributed by atoms with Crippen LogP contribution in [0, 0.1) is 5.92 Å². The number of nitrogens with zero attached hydrogens (tertiary/aromatic N) is 6. The zero-order chi connectivity index (χ0) is 19.2. The van der Waals surface area contributed by atoms with Gasteiger partial charge in [-0.05, 0) is 63.7 Å². The summed E-state index contributed by atoms with van der Waals surface area (Å²) in [5.41, 5.74) is 0.912. The molecule has 2 aromatic rings. The molecule has 2 aromatic heterocycles. The summed E-state index contributed by atoms with van der Waals surface area (Å²) in [5, 5.41) is 12.0. The number of hydrogen-bond donors (Lipinski definition) is 1. The molecule has 0 bridgehead atoms. The Kier molecular flexibility index (Phi) is 6.41. The van der Waals surface area contributed by atoms with Crippen LogP contribution in [0.5, 0.6) is 0 Å². The Morgan fingerprint density at radius 1 is 1.21 bits per heavy atom. The predicted octanol–water partition coefficient (Wildman–Crippen LogP) is 2.05. The fraction of sp³-hybridized carbons (Fsp3) is 0.667. The molecule has 7 heteroatoms. The number of rotatable bonds is 7. The Labute approximate surface area is 167 Å². The van der Waals surface area contributed by atoms with Crippen LogP contribution in [0.15, 0.2) is 29.4 Å². The summed E-state index contributed by atoms with van der Waals surface area (Å²) in [6.45, 7) is 9.99. The maximum absolute atomic E-state index is 4.90. The van der Waals surface area contributed by atoms with E-state index in [1.807, 2.05) is 24.4 Å². The monoisotopic (exact) mass is 383 g/mol. The average Bonchev–Trinajstić information content (AvgIpc) is 3.46. The molecule has 2 aliphatic heterocycles. The van der Waals surface area contributed by atoms with Gasteiger partial charge < -0.3 is 15.1 Å². The summed E-state index contributed by atoms with van der Waals surface area (Å²) in [7, 11) is 0. The number of nitrogens with one attached hydrogen (secondary N) is 1. The lowest BCUT2D eigenvalue weighted by Gasteiger charge is -2.23. The Hall–Kier alpha value is -2.15. The fourth-order valence-corrected chi connectivity index (χ4v) is 4.41. The van der Waals surface area contributed by atoms with Gasteiger partial charge in [0.2, 0.25) is 0 Å². The van der Waals surface area contributed by atoms with Crippen LogP contribution in [-0.2, 0) is 6.42 Å². The van der Waals surface area contributed by atoms with Gasteiger partial charge in [-0.2, -0.15) is 0 Å². The van der Waals surface area contributed by atoms with Crippen molar-refractivity contribution in [3.05, 3.63) is 30.2 Å². The molecule has 152 valence electrons. The lowest BCUT2D eigenvalue weighted by molar-refractivity contribution is 0.281. The summed E-state index contributed by atoms with van der Waals surface area (Å²) in [6.07, 6.45) is 7.94. The number of fused-ring (bicyclic) bond motifs is 1. The quantitative estimate of drug-likeness (QED) is 0.450. The Morgan fingerprint density at radius 2 is 2.11 bits per heavy atom. The van der Waals surface area contributed by atoms with Gasteiger partial charge in [-0.15, -0.1) is 10.2 Å². The average molecular weight is 384 g/mol. The molecule has 0 saturated carbocycles. The topological polar surface area (TPSA) is 61.1 Å². The van der Waals surface area contributed by atoms with Crippen LogP contribution in [-0.4, -0.2) is 76.2 Å². The van der Waals surface area contributed by atoms with Gasteiger partial charge in [0, 0.05) is 45.3 Å². The second-order valence-electron chi connectivity index (χ2n) is 7.99. The van der Waals surface area contributed by atoms with Crippen LogP contribution in [0.4, 0.5) is 0 Å². The number of likely N-dealkylation sites (tertiary alicyclic amines) is 2. The van der Waals surface area contributed by atoms with Gasteiger partial charge in [-0.3, -0.25) is 9.39 Å². The van der Waals surface area contributed by atoms with Crippen molar-refractivity contribution >= 4 is 11.6 Å².